The molecule has 2 aromatic carbocycles. The quantitative estimate of drug-likeness (QED) is 0.796. The van der Waals surface area contributed by atoms with Gasteiger partial charge in [0.1, 0.15) is 29.6 Å². The monoisotopic (exact) mass is 390 g/mol. The Balaban J connectivity index is 1.54. The van der Waals surface area contributed by atoms with Gasteiger partial charge in [0, 0.05) is 12.2 Å². The molecule has 0 aromatic heterocycles. The molecular formula is C21H24F2N2O3. The fraction of sp³-hybridized carbons (Fsp3) is 0.381. The minimum Gasteiger partial charge on any atom is -0.491 e. The summed E-state index contributed by atoms with van der Waals surface area (Å²) in [6.07, 6.45) is 1.27. The van der Waals surface area contributed by atoms with Gasteiger partial charge < -0.3 is 15.2 Å². The van der Waals surface area contributed by atoms with Gasteiger partial charge in [-0.2, -0.15) is 0 Å². The first-order valence-electron chi connectivity index (χ1n) is 9.22. The first kappa shape index (κ1) is 20.2. The van der Waals surface area contributed by atoms with Gasteiger partial charge in [-0.3, -0.25) is 9.69 Å². The van der Waals surface area contributed by atoms with E-state index in [1.54, 1.807) is 13.0 Å². The predicted octanol–water partition coefficient (Wildman–Crippen LogP) is 3.12. The van der Waals surface area contributed by atoms with E-state index < -0.39 is 11.4 Å². The summed E-state index contributed by atoms with van der Waals surface area (Å²) in [5, 5.41) is 13.5. The Kier molecular flexibility index (Phi) is 6.26. The fourth-order valence-corrected chi connectivity index (χ4v) is 3.33. The van der Waals surface area contributed by atoms with Crippen molar-refractivity contribution in [1.29, 1.82) is 0 Å². The topological polar surface area (TPSA) is 61.8 Å². The smallest absolute Gasteiger partial charge is 0.238 e. The van der Waals surface area contributed by atoms with Crippen LogP contribution in [0.25, 0.3) is 0 Å². The number of halogens is 2. The zero-order valence-electron chi connectivity index (χ0n) is 15.8. The lowest BCUT2D eigenvalue weighted by Crippen LogP contribution is -2.53. The van der Waals surface area contributed by atoms with Gasteiger partial charge in [-0.05, 0) is 68.3 Å². The van der Waals surface area contributed by atoms with Crippen molar-refractivity contribution in [2.24, 2.45) is 0 Å². The summed E-state index contributed by atoms with van der Waals surface area (Å²) in [6.45, 7) is 2.90. The molecule has 0 saturated carbocycles. The van der Waals surface area contributed by atoms with E-state index in [0.29, 0.717) is 24.4 Å². The Morgan fingerprint density at radius 2 is 1.93 bits per heavy atom. The Morgan fingerprint density at radius 3 is 2.68 bits per heavy atom. The lowest BCUT2D eigenvalue weighted by atomic mass is 9.93. The van der Waals surface area contributed by atoms with Gasteiger partial charge in [-0.1, -0.05) is 6.07 Å². The van der Waals surface area contributed by atoms with Gasteiger partial charge >= 0.3 is 0 Å². The number of piperidine rings is 1. The lowest BCUT2D eigenvalue weighted by Gasteiger charge is -2.38. The van der Waals surface area contributed by atoms with Crippen molar-refractivity contribution in [2.75, 3.05) is 31.6 Å². The molecule has 5 nitrogen and oxygen atoms in total. The Bertz CT molecular complexity index is 829. The number of likely N-dealkylation sites (tertiary alicyclic amines) is 1. The van der Waals surface area contributed by atoms with Gasteiger partial charge in [-0.25, -0.2) is 8.78 Å². The summed E-state index contributed by atoms with van der Waals surface area (Å²) in [5.74, 6) is -0.552. The maximum atomic E-state index is 13.4. The average Bonchev–Trinajstić information content (AvgIpc) is 2.64. The number of aliphatic hydroxyl groups is 1. The van der Waals surface area contributed by atoms with Crippen LogP contribution in [0.5, 0.6) is 5.75 Å². The number of carbonyl (C=O) groups excluding carboxylic acids is 1. The summed E-state index contributed by atoms with van der Waals surface area (Å²) in [5.41, 5.74) is 0.122. The third-order valence-corrected chi connectivity index (χ3v) is 4.80. The molecule has 2 aromatic rings. The molecule has 0 aliphatic carbocycles. The lowest BCUT2D eigenvalue weighted by molar-refractivity contribution is -0.119. The van der Waals surface area contributed by atoms with E-state index in [4.69, 9.17) is 4.74 Å². The average molecular weight is 390 g/mol. The van der Waals surface area contributed by atoms with Crippen molar-refractivity contribution in [3.8, 4) is 5.75 Å². The normalized spacial score (nSPS) is 20.0. The highest BCUT2D eigenvalue weighted by atomic mass is 19.1. The number of nitrogens with one attached hydrogen (secondary N) is 1. The zero-order valence-corrected chi connectivity index (χ0v) is 15.8. The molecule has 1 atom stereocenters. The number of ether oxygens (including phenoxy) is 1. The van der Waals surface area contributed by atoms with Crippen LogP contribution in [0.2, 0.25) is 0 Å². The molecule has 0 spiro atoms. The van der Waals surface area contributed by atoms with Crippen LogP contribution < -0.4 is 10.1 Å². The van der Waals surface area contributed by atoms with Crippen molar-refractivity contribution < 1.29 is 23.4 Å². The van der Waals surface area contributed by atoms with Crippen LogP contribution >= 0.6 is 0 Å². The number of amides is 1. The molecular weight excluding hydrogens is 366 g/mol. The zero-order chi connectivity index (χ0) is 20.1. The van der Waals surface area contributed by atoms with Gasteiger partial charge in [-0.15, -0.1) is 0 Å². The third-order valence-electron chi connectivity index (χ3n) is 4.80. The molecule has 1 amide bonds. The molecule has 3 rings (SSSR count). The Labute approximate surface area is 162 Å². The molecule has 28 heavy (non-hydrogen) atoms. The highest BCUT2D eigenvalue weighted by molar-refractivity contribution is 5.92. The SMILES string of the molecule is Cc1ccc(F)cc1NC(=O)CN1CCCC(O)(COc2ccc(F)cc2)C1. The van der Waals surface area contributed by atoms with E-state index in [1.165, 1.54) is 36.4 Å². The number of carbonyl (C=O) groups is 1. The van der Waals surface area contributed by atoms with Crippen molar-refractivity contribution in [3.63, 3.8) is 0 Å². The van der Waals surface area contributed by atoms with E-state index in [0.717, 1.165) is 12.0 Å². The Hall–Kier alpha value is -2.51. The van der Waals surface area contributed by atoms with Gasteiger partial charge in [0.2, 0.25) is 5.91 Å². The molecule has 150 valence electrons. The van der Waals surface area contributed by atoms with Crippen molar-refractivity contribution in [2.45, 2.75) is 25.4 Å². The van der Waals surface area contributed by atoms with Crippen LogP contribution in [-0.4, -0.2) is 47.8 Å². The van der Waals surface area contributed by atoms with E-state index in [9.17, 15) is 18.7 Å². The number of aryl methyl sites for hydroxylation is 1. The molecule has 1 aliphatic heterocycles. The fourth-order valence-electron chi connectivity index (χ4n) is 3.33. The summed E-state index contributed by atoms with van der Waals surface area (Å²) < 4.78 is 31.9. The Morgan fingerprint density at radius 1 is 1.21 bits per heavy atom. The van der Waals surface area contributed by atoms with E-state index >= 15 is 0 Å². The minimum atomic E-state index is -1.10. The number of hydrogen-bond acceptors (Lipinski definition) is 4. The summed E-state index contributed by atoms with van der Waals surface area (Å²) >= 11 is 0. The van der Waals surface area contributed by atoms with Crippen molar-refractivity contribution >= 4 is 11.6 Å². The standard InChI is InChI=1S/C21H24F2N2O3/c1-15-3-4-17(23)11-19(15)24-20(26)12-25-10-2-9-21(27,13-25)14-28-18-7-5-16(22)6-8-18/h3-8,11,27H,2,9-10,12-14H2,1H3,(H,24,26). The van der Waals surface area contributed by atoms with E-state index in [2.05, 4.69) is 5.32 Å². The first-order valence-corrected chi connectivity index (χ1v) is 9.22. The number of hydrogen-bond donors (Lipinski definition) is 2. The minimum absolute atomic E-state index is 0.0553. The molecule has 0 radical (unpaired) electrons. The van der Waals surface area contributed by atoms with Crippen LogP contribution in [0, 0.1) is 18.6 Å². The molecule has 1 aliphatic rings. The number of β-amino-alcohol motifs (C(OH)–C–C–N with tert-alkyl or cyclic N) is 1. The summed E-state index contributed by atoms with van der Waals surface area (Å²) in [7, 11) is 0. The number of rotatable bonds is 6. The molecule has 1 saturated heterocycles. The van der Waals surface area contributed by atoms with Crippen LogP contribution in [0.15, 0.2) is 42.5 Å². The molecule has 0 bridgehead atoms. The number of benzene rings is 2. The number of nitrogens with zero attached hydrogens (tertiary/aromatic N) is 1. The summed E-state index contributed by atoms with van der Waals surface area (Å²) in [4.78, 5) is 14.2. The maximum Gasteiger partial charge on any atom is 0.238 e. The highest BCUT2D eigenvalue weighted by Crippen LogP contribution is 2.23. The molecule has 7 heteroatoms. The third kappa shape index (κ3) is 5.50. The van der Waals surface area contributed by atoms with Gasteiger partial charge in [0.15, 0.2) is 0 Å². The molecule has 2 N–H and O–H groups in total. The van der Waals surface area contributed by atoms with E-state index in [-0.39, 0.29) is 31.4 Å². The number of anilines is 1. The molecule has 1 fully saturated rings. The maximum absolute atomic E-state index is 13.4. The second-order valence-corrected chi connectivity index (χ2v) is 7.29. The molecule has 1 unspecified atom stereocenters. The van der Waals surface area contributed by atoms with Crippen LogP contribution in [0.1, 0.15) is 18.4 Å². The van der Waals surface area contributed by atoms with E-state index in [1.807, 2.05) is 4.90 Å². The van der Waals surface area contributed by atoms with Crippen molar-refractivity contribution in [1.82, 2.24) is 4.90 Å². The predicted molar refractivity (Wildman–Crippen MR) is 102 cm³/mol. The second-order valence-electron chi connectivity index (χ2n) is 7.29. The summed E-state index contributed by atoms with van der Waals surface area (Å²) in [6, 6.07) is 9.85. The van der Waals surface area contributed by atoms with Gasteiger partial charge in [0.25, 0.3) is 0 Å². The second kappa shape index (κ2) is 8.67. The van der Waals surface area contributed by atoms with Crippen LogP contribution in [0.3, 0.4) is 0 Å². The molecule has 1 heterocycles. The largest absolute Gasteiger partial charge is 0.491 e. The van der Waals surface area contributed by atoms with Gasteiger partial charge in [0.05, 0.1) is 6.54 Å². The highest BCUT2D eigenvalue weighted by Gasteiger charge is 2.34. The van der Waals surface area contributed by atoms with Crippen LogP contribution in [-0.2, 0) is 4.79 Å². The van der Waals surface area contributed by atoms with Crippen molar-refractivity contribution in [3.05, 3.63) is 59.7 Å². The first-order chi connectivity index (χ1) is 13.3. The van der Waals surface area contributed by atoms with Crippen LogP contribution in [0.4, 0.5) is 14.5 Å².